The third-order valence-electron chi connectivity index (χ3n) is 2.77. The van der Waals surface area contributed by atoms with Crippen molar-refractivity contribution in [3.63, 3.8) is 0 Å². The zero-order chi connectivity index (χ0) is 18.0. The Morgan fingerprint density at radius 3 is 2.05 bits per heavy atom. The molecule has 0 bridgehead atoms. The smallest absolute Gasteiger partial charge is 0.408 e. The van der Waals surface area contributed by atoms with Crippen molar-refractivity contribution in [3.05, 3.63) is 0 Å². The van der Waals surface area contributed by atoms with E-state index in [1.54, 1.807) is 27.7 Å². The molecule has 0 saturated carbocycles. The Labute approximate surface area is 133 Å². The van der Waals surface area contributed by atoms with Gasteiger partial charge in [0.2, 0.25) is 0 Å². The van der Waals surface area contributed by atoms with Crippen molar-refractivity contribution in [1.82, 2.24) is 5.32 Å². The van der Waals surface area contributed by atoms with E-state index >= 15 is 0 Å². The number of unbranched alkanes of at least 4 members (excludes halogenated alkanes) is 1. The molecular weight excluding hydrogens is 295 g/mol. The monoisotopic (exact) mass is 327 g/mol. The lowest BCUT2D eigenvalue weighted by atomic mass is 9.96. The fraction of sp³-hybridized carbons (Fsp3) is 0.938. The van der Waals surface area contributed by atoms with Crippen molar-refractivity contribution >= 4 is 6.09 Å². The van der Waals surface area contributed by atoms with Crippen molar-refractivity contribution in [1.29, 1.82) is 0 Å². The molecule has 0 spiro atoms. The highest BCUT2D eigenvalue weighted by molar-refractivity contribution is 5.68. The van der Waals surface area contributed by atoms with Crippen LogP contribution in [-0.4, -0.2) is 23.9 Å². The van der Waals surface area contributed by atoms with Crippen LogP contribution in [0.4, 0.5) is 18.0 Å². The first-order chi connectivity index (χ1) is 9.95. The van der Waals surface area contributed by atoms with E-state index in [1.165, 1.54) is 0 Å². The third-order valence-corrected chi connectivity index (χ3v) is 2.77. The number of hydrogen-bond donors (Lipinski definition) is 1. The molecule has 1 N–H and O–H groups in total. The van der Waals surface area contributed by atoms with E-state index in [0.717, 1.165) is 19.3 Å². The molecule has 0 aliphatic heterocycles. The quantitative estimate of drug-likeness (QED) is 0.681. The molecule has 0 heterocycles. The van der Waals surface area contributed by atoms with Crippen LogP contribution in [0.15, 0.2) is 0 Å². The van der Waals surface area contributed by atoms with Crippen LogP contribution in [0.3, 0.4) is 0 Å². The van der Waals surface area contributed by atoms with Crippen LogP contribution in [0.25, 0.3) is 0 Å². The second kappa shape index (κ2) is 10.7. The van der Waals surface area contributed by atoms with Crippen molar-refractivity contribution in [2.75, 3.05) is 0 Å². The molecule has 0 fully saturated rings. The molecule has 0 saturated heterocycles. The summed E-state index contributed by atoms with van der Waals surface area (Å²) in [6.07, 6.45) is -3.06. The second-order valence-corrected chi connectivity index (χ2v) is 6.22. The molecule has 0 radical (unpaired) electrons. The van der Waals surface area contributed by atoms with E-state index in [-0.39, 0.29) is 12.3 Å². The summed E-state index contributed by atoms with van der Waals surface area (Å²) in [4.78, 5) is 11.5. The molecule has 1 amide bonds. The highest BCUT2D eigenvalue weighted by Gasteiger charge is 2.41. The van der Waals surface area contributed by atoms with E-state index in [9.17, 15) is 18.0 Å². The van der Waals surface area contributed by atoms with Gasteiger partial charge in [-0.25, -0.2) is 4.79 Å². The lowest BCUT2D eigenvalue weighted by Gasteiger charge is -2.26. The van der Waals surface area contributed by atoms with Gasteiger partial charge in [0.1, 0.15) is 11.6 Å². The van der Waals surface area contributed by atoms with Gasteiger partial charge in [0.05, 0.1) is 0 Å². The van der Waals surface area contributed by atoms with Crippen molar-refractivity contribution < 1.29 is 22.7 Å². The van der Waals surface area contributed by atoms with Gasteiger partial charge < -0.3 is 10.1 Å². The molecule has 0 rings (SSSR count). The average molecular weight is 327 g/mol. The van der Waals surface area contributed by atoms with Crippen LogP contribution in [0.1, 0.15) is 74.1 Å². The zero-order valence-electron chi connectivity index (χ0n) is 14.9. The first-order valence-corrected chi connectivity index (χ1v) is 8.02. The Bertz CT molecular complexity index is 299. The minimum Gasteiger partial charge on any atom is -0.444 e. The Morgan fingerprint density at radius 2 is 1.68 bits per heavy atom. The fourth-order valence-corrected chi connectivity index (χ4v) is 1.80. The summed E-state index contributed by atoms with van der Waals surface area (Å²) in [6.45, 7) is 12.6. The molecule has 134 valence electrons. The zero-order valence-corrected chi connectivity index (χ0v) is 14.9. The summed E-state index contributed by atoms with van der Waals surface area (Å²) in [7, 11) is 0. The lowest BCUT2D eigenvalue weighted by Crippen LogP contribution is -2.48. The molecule has 0 aromatic carbocycles. The Hall–Kier alpha value is -0.940. The largest absolute Gasteiger partial charge is 0.444 e. The number of carbonyl (C=O) groups is 1. The van der Waals surface area contributed by atoms with E-state index in [2.05, 4.69) is 0 Å². The number of nitrogens with one attached hydrogen (secondary N) is 1. The molecule has 0 aromatic rings. The third kappa shape index (κ3) is 12.8. The van der Waals surface area contributed by atoms with Crippen LogP contribution in [0.2, 0.25) is 0 Å². The predicted octanol–water partition coefficient (Wildman–Crippen LogP) is 5.68. The van der Waals surface area contributed by atoms with Gasteiger partial charge in [-0.15, -0.1) is 0 Å². The van der Waals surface area contributed by atoms with E-state index in [0.29, 0.717) is 0 Å². The summed E-state index contributed by atoms with van der Waals surface area (Å²) in [6, 6.07) is -1.86. The molecule has 0 aliphatic carbocycles. The number of carbonyl (C=O) groups excluding carboxylic acids is 1. The molecular formula is C16H32F3NO2. The van der Waals surface area contributed by atoms with Crippen LogP contribution in [-0.2, 0) is 4.74 Å². The number of amides is 1. The molecule has 22 heavy (non-hydrogen) atoms. The SMILES string of the molecule is CC.CCCCC(C)CC(NC(=O)OC(C)(C)C)C(F)(F)F. The number of ether oxygens (including phenoxy) is 1. The maximum absolute atomic E-state index is 12.9. The maximum atomic E-state index is 12.9. The van der Waals surface area contributed by atoms with Crippen LogP contribution < -0.4 is 5.32 Å². The number of hydrogen-bond acceptors (Lipinski definition) is 2. The van der Waals surface area contributed by atoms with Gasteiger partial charge in [0.25, 0.3) is 0 Å². The van der Waals surface area contributed by atoms with Gasteiger partial charge in [0.15, 0.2) is 0 Å². The topological polar surface area (TPSA) is 38.3 Å². The van der Waals surface area contributed by atoms with E-state index in [1.807, 2.05) is 26.1 Å². The Kier molecular flexibility index (Phi) is 11.4. The normalized spacial score (nSPS) is 14.5. The van der Waals surface area contributed by atoms with Crippen molar-refractivity contribution in [2.24, 2.45) is 5.92 Å². The second-order valence-electron chi connectivity index (χ2n) is 6.22. The Morgan fingerprint density at radius 1 is 1.18 bits per heavy atom. The number of alkyl halides is 3. The molecule has 6 heteroatoms. The summed E-state index contributed by atoms with van der Waals surface area (Å²) in [5.74, 6) is -0.100. The summed E-state index contributed by atoms with van der Waals surface area (Å²) >= 11 is 0. The van der Waals surface area contributed by atoms with Crippen LogP contribution in [0, 0.1) is 5.92 Å². The fourth-order valence-electron chi connectivity index (χ4n) is 1.80. The number of halogens is 3. The summed E-state index contributed by atoms with van der Waals surface area (Å²) < 4.78 is 43.7. The van der Waals surface area contributed by atoms with Crippen molar-refractivity contribution in [3.8, 4) is 0 Å². The van der Waals surface area contributed by atoms with Gasteiger partial charge in [-0.3, -0.25) is 0 Å². The standard InChI is InChI=1S/C14H26F3NO2.C2H6/c1-6-7-8-10(2)9-11(14(15,16)17)18-12(19)20-13(3,4)5;1-2/h10-11H,6-9H2,1-5H3,(H,18,19);1-2H3. The molecule has 2 unspecified atom stereocenters. The van der Waals surface area contributed by atoms with Gasteiger partial charge in [-0.2, -0.15) is 13.2 Å². The minimum absolute atomic E-state index is 0.100. The molecule has 2 atom stereocenters. The van der Waals surface area contributed by atoms with Crippen LogP contribution in [0.5, 0.6) is 0 Å². The van der Waals surface area contributed by atoms with Gasteiger partial charge in [0, 0.05) is 0 Å². The molecule has 0 aliphatic rings. The molecule has 3 nitrogen and oxygen atoms in total. The number of rotatable bonds is 6. The molecule has 0 aromatic heterocycles. The lowest BCUT2D eigenvalue weighted by molar-refractivity contribution is -0.158. The first kappa shape index (κ1) is 23.3. The van der Waals surface area contributed by atoms with E-state index < -0.39 is 23.9 Å². The maximum Gasteiger partial charge on any atom is 0.408 e. The van der Waals surface area contributed by atoms with Gasteiger partial charge in [-0.05, 0) is 33.1 Å². The first-order valence-electron chi connectivity index (χ1n) is 8.02. The highest BCUT2D eigenvalue weighted by Crippen LogP contribution is 2.27. The van der Waals surface area contributed by atoms with Gasteiger partial charge in [-0.1, -0.05) is 47.0 Å². The number of alkyl carbamates (subject to hydrolysis) is 1. The van der Waals surface area contributed by atoms with Gasteiger partial charge >= 0.3 is 12.3 Å². The van der Waals surface area contributed by atoms with Crippen LogP contribution >= 0.6 is 0 Å². The summed E-state index contributed by atoms with van der Waals surface area (Å²) in [5, 5.41) is 1.93. The Balaban J connectivity index is 0. The summed E-state index contributed by atoms with van der Waals surface area (Å²) in [5.41, 5.74) is -0.811. The van der Waals surface area contributed by atoms with E-state index in [4.69, 9.17) is 4.74 Å². The minimum atomic E-state index is -4.46. The predicted molar refractivity (Wildman–Crippen MR) is 83.9 cm³/mol. The van der Waals surface area contributed by atoms with Crippen molar-refractivity contribution in [2.45, 2.75) is 92.0 Å². The average Bonchev–Trinajstić information content (AvgIpc) is 2.34. The highest BCUT2D eigenvalue weighted by atomic mass is 19.4.